The predicted molar refractivity (Wildman–Crippen MR) is 253 cm³/mol. The van der Waals surface area contributed by atoms with Gasteiger partial charge in [0.25, 0.3) is 0 Å². The molecule has 0 fully saturated rings. The monoisotopic (exact) mass is 750 g/mol. The van der Waals surface area contributed by atoms with Crippen molar-refractivity contribution in [2.45, 2.75) is 19.3 Å². The van der Waals surface area contributed by atoms with Gasteiger partial charge in [-0.25, -0.2) is 0 Å². The summed E-state index contributed by atoms with van der Waals surface area (Å²) in [5.74, 6) is 0. The Morgan fingerprint density at radius 3 is 1.32 bits per heavy atom. The van der Waals surface area contributed by atoms with Gasteiger partial charge in [0.05, 0.1) is 0 Å². The highest BCUT2D eigenvalue weighted by molar-refractivity contribution is 6.23. The van der Waals surface area contributed by atoms with Crippen LogP contribution in [-0.2, 0) is 12.8 Å². The van der Waals surface area contributed by atoms with Crippen LogP contribution in [0.4, 0.5) is 0 Å². The molecule has 0 amide bonds. The van der Waals surface area contributed by atoms with E-state index in [4.69, 9.17) is 0 Å². The fourth-order valence-electron chi connectivity index (χ4n) is 9.87. The molecule has 0 spiro atoms. The molecular formula is C59H42. The van der Waals surface area contributed by atoms with Crippen LogP contribution >= 0.6 is 0 Å². The summed E-state index contributed by atoms with van der Waals surface area (Å²) in [5, 5.41) is 10.6. The molecule has 11 aromatic rings. The Morgan fingerprint density at radius 1 is 0.254 bits per heavy atom. The van der Waals surface area contributed by atoms with Crippen LogP contribution in [0.3, 0.4) is 0 Å². The molecule has 59 heavy (non-hydrogen) atoms. The maximum atomic E-state index is 2.38. The van der Waals surface area contributed by atoms with Crippen LogP contribution in [-0.4, -0.2) is 0 Å². The minimum atomic E-state index is 0.902. The van der Waals surface area contributed by atoms with Gasteiger partial charge in [-0.15, -0.1) is 0 Å². The van der Waals surface area contributed by atoms with Gasteiger partial charge in [0.2, 0.25) is 0 Å². The van der Waals surface area contributed by atoms with Crippen LogP contribution in [0.1, 0.15) is 17.5 Å². The Bertz CT molecular complexity index is 3230. The van der Waals surface area contributed by atoms with Crippen LogP contribution in [0.25, 0.3) is 98.7 Å². The van der Waals surface area contributed by atoms with E-state index in [1.165, 1.54) is 110 Å². The Balaban J connectivity index is 1.22. The number of fused-ring (bicyclic) bond motifs is 1. The topological polar surface area (TPSA) is 0 Å². The molecule has 0 aliphatic carbocycles. The Morgan fingerprint density at radius 2 is 0.695 bits per heavy atom. The van der Waals surface area contributed by atoms with Crippen LogP contribution < -0.4 is 0 Å². The van der Waals surface area contributed by atoms with E-state index in [9.17, 15) is 0 Å². The third-order valence-corrected chi connectivity index (χ3v) is 12.4. The van der Waals surface area contributed by atoms with Gasteiger partial charge in [-0.2, -0.15) is 0 Å². The molecule has 0 aliphatic heterocycles. The zero-order valence-corrected chi connectivity index (χ0v) is 32.9. The zero-order chi connectivity index (χ0) is 39.1. The van der Waals surface area contributed by atoms with E-state index in [1.807, 2.05) is 0 Å². The minimum Gasteiger partial charge on any atom is -0.0622 e. The van der Waals surface area contributed by atoms with Crippen molar-refractivity contribution in [2.75, 3.05) is 0 Å². The maximum absolute atomic E-state index is 2.38. The summed E-state index contributed by atoms with van der Waals surface area (Å²) < 4.78 is 0. The molecule has 0 atom stereocenters. The summed E-state index contributed by atoms with van der Waals surface area (Å²) >= 11 is 0. The van der Waals surface area contributed by atoms with Crippen molar-refractivity contribution in [3.8, 4) is 55.6 Å². The molecule has 0 heterocycles. The molecule has 0 N–H and O–H groups in total. The molecule has 0 aromatic heterocycles. The van der Waals surface area contributed by atoms with E-state index in [-0.39, 0.29) is 0 Å². The second-order valence-corrected chi connectivity index (χ2v) is 15.8. The molecule has 0 nitrogen and oxygen atoms in total. The average Bonchev–Trinajstić information content (AvgIpc) is 3.31. The molecule has 0 bridgehead atoms. The summed E-state index contributed by atoms with van der Waals surface area (Å²) in [4.78, 5) is 0. The molecule has 0 aliphatic rings. The maximum Gasteiger partial charge on any atom is -0.00141 e. The van der Waals surface area contributed by atoms with Crippen molar-refractivity contribution < 1.29 is 0 Å². The lowest BCUT2D eigenvalue weighted by atomic mass is 9.74. The van der Waals surface area contributed by atoms with Gasteiger partial charge in [-0.1, -0.05) is 218 Å². The number of hydrogen-bond donors (Lipinski definition) is 0. The van der Waals surface area contributed by atoms with Crippen LogP contribution in [0, 0.1) is 0 Å². The molecule has 11 aromatic carbocycles. The third-order valence-electron chi connectivity index (χ3n) is 12.4. The van der Waals surface area contributed by atoms with Crippen LogP contribution in [0.5, 0.6) is 0 Å². The van der Waals surface area contributed by atoms with Crippen molar-refractivity contribution in [1.29, 1.82) is 0 Å². The first-order valence-corrected chi connectivity index (χ1v) is 20.9. The molecule has 0 saturated heterocycles. The summed E-state index contributed by atoms with van der Waals surface area (Å²) in [6.45, 7) is 0. The van der Waals surface area contributed by atoms with Crippen molar-refractivity contribution in [3.63, 3.8) is 0 Å². The van der Waals surface area contributed by atoms with E-state index >= 15 is 0 Å². The highest BCUT2D eigenvalue weighted by atomic mass is 14.3. The fourth-order valence-corrected chi connectivity index (χ4v) is 9.87. The molecular weight excluding hydrogens is 709 g/mol. The lowest BCUT2D eigenvalue weighted by Crippen LogP contribution is -2.05. The lowest BCUT2D eigenvalue weighted by Gasteiger charge is -2.29. The summed E-state index contributed by atoms with van der Waals surface area (Å²) in [6.07, 6.45) is 2.87. The minimum absolute atomic E-state index is 0.902. The van der Waals surface area contributed by atoms with E-state index in [2.05, 4.69) is 218 Å². The summed E-state index contributed by atoms with van der Waals surface area (Å²) in [7, 11) is 0. The molecule has 11 rings (SSSR count). The van der Waals surface area contributed by atoms with Gasteiger partial charge in [-0.05, 0) is 129 Å². The molecule has 278 valence electrons. The third kappa shape index (κ3) is 6.08. The second-order valence-electron chi connectivity index (χ2n) is 15.8. The highest BCUT2D eigenvalue weighted by Gasteiger charge is 2.28. The van der Waals surface area contributed by atoms with Crippen molar-refractivity contribution in [1.82, 2.24) is 0 Å². The van der Waals surface area contributed by atoms with Crippen LogP contribution in [0.2, 0.25) is 0 Å². The van der Waals surface area contributed by atoms with Gasteiger partial charge in [0.15, 0.2) is 0 Å². The number of aryl methyl sites for hydroxylation is 1. The van der Waals surface area contributed by atoms with Gasteiger partial charge in [-0.3, -0.25) is 0 Å². The van der Waals surface area contributed by atoms with Crippen molar-refractivity contribution in [2.24, 2.45) is 0 Å². The summed E-state index contributed by atoms with van der Waals surface area (Å²) in [6, 6.07) is 80.9. The highest BCUT2D eigenvalue weighted by Crippen LogP contribution is 2.54. The first-order valence-electron chi connectivity index (χ1n) is 20.9. The lowest BCUT2D eigenvalue weighted by molar-refractivity contribution is 0.828. The SMILES string of the molecule is c1ccc(-c2c(CCCc3ccc4ccc5cccc6ccc3c4c56)c(-c3cccc4ccccc34)c(-c3ccccc3)c(-c3ccccc3)c2-c2ccccc2)cc1. The van der Waals surface area contributed by atoms with E-state index in [0.717, 1.165) is 19.3 Å². The van der Waals surface area contributed by atoms with Gasteiger partial charge >= 0.3 is 0 Å². The standard InChI is InChI=1S/C59H42/c1-5-19-42(20-6-1)55-52(33-17-28-41-34-35-48-37-36-46-29-15-30-47-38-39-50(41)54(48)53(46)47)59(51-32-16-27-40-18-13-14-31-49(40)51)58(45-25-11-4-12-26-45)57(44-23-9-3-10-24-44)56(55)43-21-7-2-8-22-43/h1-16,18-27,29-32,34-39H,17,28,33H2. The van der Waals surface area contributed by atoms with Gasteiger partial charge in [0.1, 0.15) is 0 Å². The van der Waals surface area contributed by atoms with Gasteiger partial charge in [0, 0.05) is 0 Å². The Hall–Kier alpha value is -7.28. The van der Waals surface area contributed by atoms with E-state index in [0.29, 0.717) is 0 Å². The van der Waals surface area contributed by atoms with E-state index in [1.54, 1.807) is 0 Å². The normalized spacial score (nSPS) is 11.6. The fraction of sp³-hybridized carbons (Fsp3) is 0.0508. The second kappa shape index (κ2) is 14.9. The molecule has 0 unspecified atom stereocenters. The molecule has 0 heteroatoms. The van der Waals surface area contributed by atoms with Gasteiger partial charge < -0.3 is 0 Å². The summed E-state index contributed by atoms with van der Waals surface area (Å²) in [5.41, 5.74) is 15.4. The van der Waals surface area contributed by atoms with Crippen LogP contribution in [0.15, 0.2) is 218 Å². The van der Waals surface area contributed by atoms with E-state index < -0.39 is 0 Å². The zero-order valence-electron chi connectivity index (χ0n) is 32.9. The first kappa shape index (κ1) is 34.9. The first-order chi connectivity index (χ1) is 29.3. The van der Waals surface area contributed by atoms with Crippen molar-refractivity contribution >= 4 is 43.1 Å². The smallest absolute Gasteiger partial charge is 0.00141 e. The largest absolute Gasteiger partial charge is 0.0622 e. The average molecular weight is 751 g/mol. The quantitative estimate of drug-likeness (QED) is 0.129. The number of rotatable bonds is 9. The molecule has 0 saturated carbocycles. The molecule has 0 radical (unpaired) electrons. The predicted octanol–water partition coefficient (Wildman–Crippen LogP) is 16.2. The van der Waals surface area contributed by atoms with Crippen molar-refractivity contribution in [3.05, 3.63) is 230 Å². The Labute approximate surface area is 346 Å². The Kier molecular flexibility index (Phi) is 8.82. The number of hydrogen-bond acceptors (Lipinski definition) is 0. The number of benzene rings is 11.